The van der Waals surface area contributed by atoms with Gasteiger partial charge in [0, 0.05) is 25.4 Å². The van der Waals surface area contributed by atoms with E-state index < -0.39 is 0 Å². The molecule has 1 aliphatic rings. The molecule has 1 fully saturated rings. The first kappa shape index (κ1) is 12.3. The molecule has 17 heavy (non-hydrogen) atoms. The normalized spacial score (nSPS) is 16.3. The zero-order chi connectivity index (χ0) is 11.9. The molecular formula is C13H21N3O. The van der Waals surface area contributed by atoms with Gasteiger partial charge in [0.2, 0.25) is 5.88 Å². The minimum absolute atomic E-state index is 0.726. The minimum Gasteiger partial charge on any atom is -0.476 e. The monoisotopic (exact) mass is 235 g/mol. The summed E-state index contributed by atoms with van der Waals surface area (Å²) in [5.41, 5.74) is 1.18. The predicted molar refractivity (Wildman–Crippen MR) is 68.2 cm³/mol. The van der Waals surface area contributed by atoms with Crippen LogP contribution in [0.4, 0.5) is 0 Å². The van der Waals surface area contributed by atoms with Crippen molar-refractivity contribution in [2.24, 2.45) is 0 Å². The Kier molecular flexibility index (Phi) is 4.76. The van der Waals surface area contributed by atoms with Gasteiger partial charge in [0.1, 0.15) is 6.61 Å². The molecule has 4 nitrogen and oxygen atoms in total. The summed E-state index contributed by atoms with van der Waals surface area (Å²) >= 11 is 0. The van der Waals surface area contributed by atoms with Crippen LogP contribution in [0.15, 0.2) is 18.3 Å². The Bertz CT molecular complexity index is 320. The maximum atomic E-state index is 5.63. The molecule has 0 amide bonds. The highest BCUT2D eigenvalue weighted by molar-refractivity contribution is 5.17. The van der Waals surface area contributed by atoms with E-state index in [9.17, 15) is 0 Å². The molecule has 0 bridgehead atoms. The molecule has 4 heteroatoms. The Labute approximate surface area is 103 Å². The second kappa shape index (κ2) is 6.57. The fourth-order valence-electron chi connectivity index (χ4n) is 2.09. The summed E-state index contributed by atoms with van der Waals surface area (Å²) in [5.74, 6) is 0.726. The summed E-state index contributed by atoms with van der Waals surface area (Å²) in [4.78, 5) is 6.72. The van der Waals surface area contributed by atoms with Crippen molar-refractivity contribution in [3.8, 4) is 5.88 Å². The van der Waals surface area contributed by atoms with Crippen LogP contribution >= 0.6 is 0 Å². The lowest BCUT2D eigenvalue weighted by molar-refractivity contribution is 0.232. The molecule has 2 rings (SSSR count). The number of aromatic nitrogens is 1. The van der Waals surface area contributed by atoms with E-state index in [1.807, 2.05) is 19.3 Å². The number of likely N-dealkylation sites (tertiary alicyclic amines) is 1. The van der Waals surface area contributed by atoms with Gasteiger partial charge in [0.25, 0.3) is 0 Å². The maximum Gasteiger partial charge on any atom is 0.213 e. The Morgan fingerprint density at radius 3 is 2.82 bits per heavy atom. The average Bonchev–Trinajstić information content (AvgIpc) is 2.85. The fraction of sp³-hybridized carbons (Fsp3) is 0.615. The van der Waals surface area contributed by atoms with Crippen LogP contribution in [-0.4, -0.2) is 43.2 Å². The van der Waals surface area contributed by atoms with Gasteiger partial charge in [0.05, 0.1) is 0 Å². The molecule has 0 radical (unpaired) electrons. The molecule has 94 valence electrons. The zero-order valence-electron chi connectivity index (χ0n) is 10.5. The number of hydrogen-bond acceptors (Lipinski definition) is 4. The lowest BCUT2D eigenvalue weighted by atomic mass is 10.3. The summed E-state index contributed by atoms with van der Waals surface area (Å²) in [6, 6.07) is 3.99. The van der Waals surface area contributed by atoms with E-state index in [0.717, 1.165) is 25.6 Å². The lowest BCUT2D eigenvalue weighted by Gasteiger charge is -2.14. The van der Waals surface area contributed by atoms with Crippen LogP contribution in [0.25, 0.3) is 0 Å². The molecule has 1 aliphatic heterocycles. The number of hydrogen-bond donors (Lipinski definition) is 1. The second-order valence-electron chi connectivity index (χ2n) is 4.43. The zero-order valence-corrected chi connectivity index (χ0v) is 10.5. The van der Waals surface area contributed by atoms with Gasteiger partial charge in [-0.2, -0.15) is 0 Å². The van der Waals surface area contributed by atoms with Gasteiger partial charge in [0.15, 0.2) is 0 Å². The van der Waals surface area contributed by atoms with Gasteiger partial charge in [-0.25, -0.2) is 4.98 Å². The number of nitrogens with zero attached hydrogens (tertiary/aromatic N) is 2. The van der Waals surface area contributed by atoms with Gasteiger partial charge >= 0.3 is 0 Å². The average molecular weight is 235 g/mol. The van der Waals surface area contributed by atoms with E-state index in [2.05, 4.69) is 21.3 Å². The van der Waals surface area contributed by atoms with E-state index >= 15 is 0 Å². The van der Waals surface area contributed by atoms with Crippen molar-refractivity contribution in [3.05, 3.63) is 23.9 Å². The molecule has 2 heterocycles. The van der Waals surface area contributed by atoms with Crippen LogP contribution in [0.3, 0.4) is 0 Å². The van der Waals surface area contributed by atoms with Crippen molar-refractivity contribution in [3.63, 3.8) is 0 Å². The molecule has 0 atom stereocenters. The van der Waals surface area contributed by atoms with E-state index in [1.165, 1.54) is 31.5 Å². The van der Waals surface area contributed by atoms with Crippen molar-refractivity contribution in [2.75, 3.05) is 33.3 Å². The van der Waals surface area contributed by atoms with E-state index in [4.69, 9.17) is 4.74 Å². The summed E-state index contributed by atoms with van der Waals surface area (Å²) in [6.45, 7) is 5.04. The third kappa shape index (κ3) is 3.98. The smallest absolute Gasteiger partial charge is 0.213 e. The van der Waals surface area contributed by atoms with Gasteiger partial charge in [-0.1, -0.05) is 6.07 Å². The highest BCUT2D eigenvalue weighted by Crippen LogP contribution is 2.09. The highest BCUT2D eigenvalue weighted by atomic mass is 16.5. The van der Waals surface area contributed by atoms with Gasteiger partial charge in [-0.3, -0.25) is 4.90 Å². The molecule has 1 N–H and O–H groups in total. The van der Waals surface area contributed by atoms with Crippen LogP contribution in [0, 0.1) is 0 Å². The second-order valence-corrected chi connectivity index (χ2v) is 4.43. The topological polar surface area (TPSA) is 37.4 Å². The van der Waals surface area contributed by atoms with Crippen molar-refractivity contribution >= 4 is 0 Å². The molecule has 0 spiro atoms. The Morgan fingerprint density at radius 1 is 1.35 bits per heavy atom. The van der Waals surface area contributed by atoms with Crippen molar-refractivity contribution in [1.29, 1.82) is 0 Å². The van der Waals surface area contributed by atoms with Crippen molar-refractivity contribution in [2.45, 2.75) is 19.4 Å². The maximum absolute atomic E-state index is 5.63. The fourth-order valence-corrected chi connectivity index (χ4v) is 2.09. The van der Waals surface area contributed by atoms with E-state index in [0.29, 0.717) is 0 Å². The van der Waals surface area contributed by atoms with E-state index in [-0.39, 0.29) is 0 Å². The Hall–Kier alpha value is -1.13. The SMILES string of the molecule is CNCc1ccc(OCCN2CCCC2)nc1. The van der Waals surface area contributed by atoms with E-state index in [1.54, 1.807) is 0 Å². The number of pyridine rings is 1. The molecule has 1 saturated heterocycles. The summed E-state index contributed by atoms with van der Waals surface area (Å²) in [6.07, 6.45) is 4.52. The van der Waals surface area contributed by atoms with Gasteiger partial charge < -0.3 is 10.1 Å². The minimum atomic E-state index is 0.726. The van der Waals surface area contributed by atoms with Gasteiger partial charge in [-0.15, -0.1) is 0 Å². The summed E-state index contributed by atoms with van der Waals surface area (Å²) in [7, 11) is 1.93. The Balaban J connectivity index is 1.70. The number of ether oxygens (including phenoxy) is 1. The molecule has 1 aromatic rings. The molecular weight excluding hydrogens is 214 g/mol. The first-order chi connectivity index (χ1) is 8.38. The third-order valence-corrected chi connectivity index (χ3v) is 3.03. The molecule has 0 saturated carbocycles. The first-order valence-corrected chi connectivity index (χ1v) is 6.33. The largest absolute Gasteiger partial charge is 0.476 e. The van der Waals surface area contributed by atoms with Gasteiger partial charge in [-0.05, 0) is 38.5 Å². The molecule has 0 unspecified atom stereocenters. The Morgan fingerprint density at radius 2 is 2.18 bits per heavy atom. The first-order valence-electron chi connectivity index (χ1n) is 6.33. The molecule has 0 aliphatic carbocycles. The van der Waals surface area contributed by atoms with Crippen LogP contribution in [-0.2, 0) is 6.54 Å². The predicted octanol–water partition coefficient (Wildman–Crippen LogP) is 1.28. The molecule has 1 aromatic heterocycles. The summed E-state index contributed by atoms with van der Waals surface area (Å²) in [5, 5.41) is 3.10. The number of nitrogens with one attached hydrogen (secondary N) is 1. The quantitative estimate of drug-likeness (QED) is 0.806. The standard InChI is InChI=1S/C13H21N3O/c1-14-10-12-4-5-13(15-11-12)17-9-8-16-6-2-3-7-16/h4-5,11,14H,2-3,6-10H2,1H3. The lowest BCUT2D eigenvalue weighted by Crippen LogP contribution is -2.25. The molecule has 0 aromatic carbocycles. The van der Waals surface area contributed by atoms with Crippen LogP contribution < -0.4 is 10.1 Å². The number of rotatable bonds is 6. The van der Waals surface area contributed by atoms with Crippen LogP contribution in [0.5, 0.6) is 5.88 Å². The third-order valence-electron chi connectivity index (χ3n) is 3.03. The summed E-state index contributed by atoms with van der Waals surface area (Å²) < 4.78 is 5.63. The van der Waals surface area contributed by atoms with Crippen LogP contribution in [0.1, 0.15) is 18.4 Å². The highest BCUT2D eigenvalue weighted by Gasteiger charge is 2.10. The van der Waals surface area contributed by atoms with Crippen molar-refractivity contribution < 1.29 is 4.74 Å². The van der Waals surface area contributed by atoms with Crippen LogP contribution in [0.2, 0.25) is 0 Å². The van der Waals surface area contributed by atoms with Crippen molar-refractivity contribution in [1.82, 2.24) is 15.2 Å².